The second-order valence-corrected chi connectivity index (χ2v) is 2.31. The maximum Gasteiger partial charge on any atom is 0.307 e. The minimum Gasteiger partial charge on any atom is -0.481 e. The molecule has 0 amide bonds. The number of aromatic nitrogens is 4. The van der Waals surface area contributed by atoms with E-state index in [0.29, 0.717) is 5.16 Å². The number of rotatable bonds is 3. The number of tetrazole rings is 1. The molecule has 1 heterocycles. The first kappa shape index (κ1) is 8.72. The number of carboxylic acid groups (broad SMARTS) is 1. The molecule has 0 aromatic carbocycles. The molecule has 12 heavy (non-hydrogen) atoms. The van der Waals surface area contributed by atoms with E-state index in [-0.39, 0.29) is 6.42 Å². The second kappa shape index (κ2) is 3.86. The lowest BCUT2D eigenvalue weighted by Gasteiger charge is -1.88. The third-order valence-corrected chi connectivity index (χ3v) is 1.31. The van der Waals surface area contributed by atoms with Gasteiger partial charge in [-0.3, -0.25) is 4.79 Å². The first-order valence-corrected chi connectivity index (χ1v) is 3.50. The molecule has 0 atom stereocenters. The van der Waals surface area contributed by atoms with Crippen LogP contribution in [-0.4, -0.2) is 31.3 Å². The molecule has 0 spiro atoms. The Balaban J connectivity index is 2.57. The van der Waals surface area contributed by atoms with Gasteiger partial charge in [0.15, 0.2) is 0 Å². The van der Waals surface area contributed by atoms with Crippen LogP contribution < -0.4 is 0 Å². The molecule has 0 unspecified atom stereocenters. The van der Waals surface area contributed by atoms with Crippen LogP contribution in [-0.2, 0) is 4.79 Å². The Bertz CT molecular complexity index is 308. The fourth-order valence-electron chi connectivity index (χ4n) is 0.539. The minimum absolute atomic E-state index is 0.0624. The highest BCUT2D eigenvalue weighted by Gasteiger charge is 1.95. The third-order valence-electron chi connectivity index (χ3n) is 1.01. The largest absolute Gasteiger partial charge is 0.481 e. The first-order chi connectivity index (χ1) is 5.70. The summed E-state index contributed by atoms with van der Waals surface area (Å²) < 4.78 is 1.27. The van der Waals surface area contributed by atoms with E-state index in [0.717, 1.165) is 0 Å². The Kier molecular flexibility index (Phi) is 2.81. The smallest absolute Gasteiger partial charge is 0.307 e. The van der Waals surface area contributed by atoms with Crippen LogP contribution in [0, 0.1) is 0 Å². The van der Waals surface area contributed by atoms with Crippen molar-refractivity contribution in [1.29, 1.82) is 0 Å². The molecule has 6 nitrogen and oxygen atoms in total. The molecule has 0 bridgehead atoms. The number of nitrogens with zero attached hydrogens (tertiary/aromatic N) is 4. The van der Waals surface area contributed by atoms with Crippen LogP contribution in [0.5, 0.6) is 0 Å². The van der Waals surface area contributed by atoms with Gasteiger partial charge in [0, 0.05) is 6.20 Å². The zero-order chi connectivity index (χ0) is 8.97. The van der Waals surface area contributed by atoms with Crippen LogP contribution >= 0.6 is 12.6 Å². The molecule has 0 fully saturated rings. The predicted molar refractivity (Wildman–Crippen MR) is 42.7 cm³/mol. The Morgan fingerprint density at radius 3 is 3.00 bits per heavy atom. The maximum atomic E-state index is 10.1. The number of thiol groups is 1. The monoisotopic (exact) mass is 186 g/mol. The summed E-state index contributed by atoms with van der Waals surface area (Å²) in [4.78, 5) is 10.1. The molecule has 1 N–H and O–H groups in total. The highest BCUT2D eigenvalue weighted by Crippen LogP contribution is 1.97. The summed E-state index contributed by atoms with van der Waals surface area (Å²) in [5.74, 6) is -0.903. The molecule has 0 saturated carbocycles. The Morgan fingerprint density at radius 1 is 1.75 bits per heavy atom. The van der Waals surface area contributed by atoms with E-state index in [1.165, 1.54) is 17.0 Å². The summed E-state index contributed by atoms with van der Waals surface area (Å²) in [6.07, 6.45) is 2.81. The van der Waals surface area contributed by atoms with Crippen molar-refractivity contribution in [3.05, 3.63) is 6.08 Å². The Morgan fingerprint density at radius 2 is 2.50 bits per heavy atom. The van der Waals surface area contributed by atoms with Gasteiger partial charge in [-0.05, 0) is 10.4 Å². The summed E-state index contributed by atoms with van der Waals surface area (Å²) in [7, 11) is 0. The van der Waals surface area contributed by atoms with E-state index < -0.39 is 5.97 Å². The van der Waals surface area contributed by atoms with Gasteiger partial charge in [-0.25, -0.2) is 0 Å². The van der Waals surface area contributed by atoms with E-state index in [1.54, 1.807) is 0 Å². The zero-order valence-corrected chi connectivity index (χ0v) is 6.85. The zero-order valence-electron chi connectivity index (χ0n) is 5.95. The fourth-order valence-corrected chi connectivity index (χ4v) is 0.685. The van der Waals surface area contributed by atoms with Crippen molar-refractivity contribution in [3.8, 4) is 0 Å². The average molecular weight is 186 g/mol. The number of carbonyl (C=O) groups is 1. The molecule has 7 heteroatoms. The molecule has 0 radical (unpaired) electrons. The molecule has 64 valence electrons. The normalized spacial score (nSPS) is 10.8. The summed E-state index contributed by atoms with van der Waals surface area (Å²) in [6.45, 7) is 0. The van der Waals surface area contributed by atoms with E-state index in [9.17, 15) is 4.79 Å². The number of hydrogen-bond acceptors (Lipinski definition) is 5. The first-order valence-electron chi connectivity index (χ1n) is 3.05. The van der Waals surface area contributed by atoms with E-state index in [1.807, 2.05) is 0 Å². The van der Waals surface area contributed by atoms with Gasteiger partial charge in [0.05, 0.1) is 6.42 Å². The molecule has 1 rings (SSSR count). The summed E-state index contributed by atoms with van der Waals surface area (Å²) in [5, 5.41) is 18.9. The third kappa shape index (κ3) is 2.35. The van der Waals surface area contributed by atoms with Crippen molar-refractivity contribution in [3.63, 3.8) is 0 Å². The van der Waals surface area contributed by atoms with Gasteiger partial charge in [0.2, 0.25) is 5.16 Å². The van der Waals surface area contributed by atoms with Gasteiger partial charge in [-0.15, -0.1) is 17.7 Å². The van der Waals surface area contributed by atoms with Gasteiger partial charge in [0.1, 0.15) is 0 Å². The summed E-state index contributed by atoms with van der Waals surface area (Å²) >= 11 is 3.90. The predicted octanol–water partition coefficient (Wildman–Crippen LogP) is -0.0928. The van der Waals surface area contributed by atoms with Crippen LogP contribution in [0.1, 0.15) is 6.42 Å². The lowest BCUT2D eigenvalue weighted by Crippen LogP contribution is -1.93. The van der Waals surface area contributed by atoms with Gasteiger partial charge in [0.25, 0.3) is 0 Å². The van der Waals surface area contributed by atoms with Gasteiger partial charge in [-0.2, -0.15) is 4.68 Å². The summed E-state index contributed by atoms with van der Waals surface area (Å²) in [6, 6.07) is 0. The van der Waals surface area contributed by atoms with E-state index in [4.69, 9.17) is 5.11 Å². The van der Waals surface area contributed by atoms with Crippen LogP contribution in [0.15, 0.2) is 11.2 Å². The van der Waals surface area contributed by atoms with Crippen LogP contribution in [0.4, 0.5) is 0 Å². The highest BCUT2D eigenvalue weighted by atomic mass is 32.1. The van der Waals surface area contributed by atoms with E-state index in [2.05, 4.69) is 28.2 Å². The lowest BCUT2D eigenvalue weighted by atomic mass is 10.4. The SMILES string of the molecule is O=C(O)C/C=C/n1nnnc1S. The van der Waals surface area contributed by atoms with Crippen LogP contribution in [0.2, 0.25) is 0 Å². The standard InChI is InChI=1S/C5H6N4O2S/c10-4(11)2-1-3-9-5(12)6-7-8-9/h1,3H,2H2,(H,10,11)(H,6,8,12)/b3-1+. The van der Waals surface area contributed by atoms with Crippen molar-refractivity contribution in [1.82, 2.24) is 20.2 Å². The number of aliphatic carboxylic acids is 1. The minimum atomic E-state index is -0.903. The molecule has 1 aromatic heterocycles. The highest BCUT2D eigenvalue weighted by molar-refractivity contribution is 7.80. The molecule has 0 saturated heterocycles. The summed E-state index contributed by atoms with van der Waals surface area (Å²) in [5.41, 5.74) is 0. The van der Waals surface area contributed by atoms with Crippen LogP contribution in [0.3, 0.4) is 0 Å². The van der Waals surface area contributed by atoms with Crippen molar-refractivity contribution in [2.45, 2.75) is 11.6 Å². The van der Waals surface area contributed by atoms with E-state index >= 15 is 0 Å². The second-order valence-electron chi connectivity index (χ2n) is 1.91. The Labute approximate surface area is 73.3 Å². The maximum absolute atomic E-state index is 10.1. The fraction of sp³-hybridized carbons (Fsp3) is 0.200. The van der Waals surface area contributed by atoms with Gasteiger partial charge >= 0.3 is 5.97 Å². The molecule has 0 aliphatic carbocycles. The van der Waals surface area contributed by atoms with Crippen molar-refractivity contribution in [2.24, 2.45) is 0 Å². The van der Waals surface area contributed by atoms with Gasteiger partial charge < -0.3 is 5.11 Å². The molecular formula is C5H6N4O2S. The molecule has 1 aromatic rings. The lowest BCUT2D eigenvalue weighted by molar-refractivity contribution is -0.135. The molecule has 0 aliphatic heterocycles. The van der Waals surface area contributed by atoms with Crippen LogP contribution in [0.25, 0.3) is 6.20 Å². The van der Waals surface area contributed by atoms with Crippen molar-refractivity contribution >= 4 is 24.8 Å². The molecule has 0 aliphatic rings. The average Bonchev–Trinajstić information content (AvgIpc) is 2.36. The Hall–Kier alpha value is -1.37. The number of hydrogen-bond donors (Lipinski definition) is 2. The van der Waals surface area contributed by atoms with Crippen molar-refractivity contribution in [2.75, 3.05) is 0 Å². The van der Waals surface area contributed by atoms with Crippen molar-refractivity contribution < 1.29 is 9.90 Å². The quantitative estimate of drug-likeness (QED) is 0.644. The molecular weight excluding hydrogens is 180 g/mol. The van der Waals surface area contributed by atoms with Gasteiger partial charge in [-0.1, -0.05) is 6.08 Å². The number of carboxylic acids is 1. The topological polar surface area (TPSA) is 80.9 Å².